The fourth-order valence-corrected chi connectivity index (χ4v) is 1.95. The summed E-state index contributed by atoms with van der Waals surface area (Å²) >= 11 is 6.15. The molecule has 0 saturated carbocycles. The number of rotatable bonds is 3. The van der Waals surface area contributed by atoms with Gasteiger partial charge in [0.05, 0.1) is 34.9 Å². The number of carbonyl (C=O) groups is 1. The van der Waals surface area contributed by atoms with Gasteiger partial charge in [-0.1, -0.05) is 23.7 Å². The lowest BCUT2D eigenvalue weighted by Crippen LogP contribution is -2.27. The van der Waals surface area contributed by atoms with Crippen LogP contribution in [0.1, 0.15) is 6.92 Å². The lowest BCUT2D eigenvalue weighted by atomic mass is 10.2. The van der Waals surface area contributed by atoms with Gasteiger partial charge in [-0.2, -0.15) is 0 Å². The van der Waals surface area contributed by atoms with Crippen molar-refractivity contribution in [3.63, 3.8) is 0 Å². The van der Waals surface area contributed by atoms with Gasteiger partial charge in [-0.3, -0.25) is 4.98 Å². The quantitative estimate of drug-likeness (QED) is 0.938. The number of nitrogens with zero attached hydrogens (tertiary/aromatic N) is 2. The molecule has 0 atom stereocenters. The van der Waals surface area contributed by atoms with E-state index < -0.39 is 6.09 Å². The van der Waals surface area contributed by atoms with Crippen molar-refractivity contribution in [2.45, 2.75) is 6.92 Å². The second-order valence-electron chi connectivity index (χ2n) is 3.92. The van der Waals surface area contributed by atoms with Gasteiger partial charge in [0.1, 0.15) is 0 Å². The molecule has 6 heteroatoms. The number of carbonyl (C=O) groups excluding carboxylic acids is 1. The first-order valence-corrected chi connectivity index (χ1v) is 6.43. The molecular formula is C14H14ClN3O2. The van der Waals surface area contributed by atoms with E-state index in [1.165, 1.54) is 11.1 Å². The van der Waals surface area contributed by atoms with Crippen LogP contribution in [0, 0.1) is 0 Å². The van der Waals surface area contributed by atoms with Gasteiger partial charge >= 0.3 is 6.09 Å². The van der Waals surface area contributed by atoms with Crippen molar-refractivity contribution in [1.82, 2.24) is 4.98 Å². The number of para-hydroxylation sites is 1. The van der Waals surface area contributed by atoms with Crippen LogP contribution >= 0.6 is 11.6 Å². The SMILES string of the molecule is CCOC(=O)N(c1cnccc1N)c1ccccc1Cl. The summed E-state index contributed by atoms with van der Waals surface area (Å²) in [6.45, 7) is 1.98. The van der Waals surface area contributed by atoms with Crippen molar-refractivity contribution in [2.75, 3.05) is 17.2 Å². The molecular weight excluding hydrogens is 278 g/mol. The average molecular weight is 292 g/mol. The Balaban J connectivity index is 2.54. The number of hydrogen-bond acceptors (Lipinski definition) is 4. The topological polar surface area (TPSA) is 68.5 Å². The second kappa shape index (κ2) is 6.25. The molecule has 20 heavy (non-hydrogen) atoms. The van der Waals surface area contributed by atoms with Crippen molar-refractivity contribution in [2.24, 2.45) is 0 Å². The molecule has 0 aliphatic carbocycles. The van der Waals surface area contributed by atoms with E-state index in [0.717, 1.165) is 0 Å². The zero-order valence-electron chi connectivity index (χ0n) is 10.9. The largest absolute Gasteiger partial charge is 0.449 e. The van der Waals surface area contributed by atoms with Crippen LogP contribution < -0.4 is 10.6 Å². The molecule has 0 bridgehead atoms. The van der Waals surface area contributed by atoms with Gasteiger partial charge in [0.2, 0.25) is 0 Å². The van der Waals surface area contributed by atoms with Gasteiger partial charge in [0, 0.05) is 6.20 Å². The lowest BCUT2D eigenvalue weighted by molar-refractivity contribution is 0.162. The number of halogens is 1. The zero-order chi connectivity index (χ0) is 14.5. The van der Waals surface area contributed by atoms with Crippen LogP contribution in [-0.2, 0) is 4.74 Å². The summed E-state index contributed by atoms with van der Waals surface area (Å²) in [5.74, 6) is 0. The highest BCUT2D eigenvalue weighted by atomic mass is 35.5. The van der Waals surface area contributed by atoms with E-state index in [0.29, 0.717) is 22.1 Å². The minimum atomic E-state index is -0.555. The first-order valence-electron chi connectivity index (χ1n) is 6.06. The van der Waals surface area contributed by atoms with Gasteiger partial charge in [0.25, 0.3) is 0 Å². The van der Waals surface area contributed by atoms with E-state index >= 15 is 0 Å². The minimum Gasteiger partial charge on any atom is -0.449 e. The monoisotopic (exact) mass is 291 g/mol. The molecule has 2 N–H and O–H groups in total. The summed E-state index contributed by atoms with van der Waals surface area (Å²) in [6.07, 6.45) is 2.49. The Morgan fingerprint density at radius 1 is 1.35 bits per heavy atom. The summed E-state index contributed by atoms with van der Waals surface area (Å²) < 4.78 is 5.07. The third-order valence-electron chi connectivity index (χ3n) is 2.62. The van der Waals surface area contributed by atoms with Crippen molar-refractivity contribution in [1.29, 1.82) is 0 Å². The van der Waals surface area contributed by atoms with Gasteiger partial charge in [-0.15, -0.1) is 0 Å². The van der Waals surface area contributed by atoms with E-state index in [2.05, 4.69) is 4.98 Å². The molecule has 2 rings (SSSR count). The van der Waals surface area contributed by atoms with Gasteiger partial charge in [-0.05, 0) is 25.1 Å². The molecule has 104 valence electrons. The third kappa shape index (κ3) is 2.83. The normalized spacial score (nSPS) is 10.1. The molecule has 0 aliphatic heterocycles. The molecule has 2 aromatic rings. The molecule has 0 unspecified atom stereocenters. The van der Waals surface area contributed by atoms with Crippen molar-refractivity contribution in [3.05, 3.63) is 47.7 Å². The van der Waals surface area contributed by atoms with Crippen molar-refractivity contribution >= 4 is 34.8 Å². The van der Waals surface area contributed by atoms with Gasteiger partial charge in [-0.25, -0.2) is 9.69 Å². The highest BCUT2D eigenvalue weighted by molar-refractivity contribution is 6.34. The number of amides is 1. The predicted octanol–water partition coefficient (Wildman–Crippen LogP) is 3.61. The number of ether oxygens (including phenoxy) is 1. The predicted molar refractivity (Wildman–Crippen MR) is 79.3 cm³/mol. The van der Waals surface area contributed by atoms with E-state index in [1.807, 2.05) is 0 Å². The van der Waals surface area contributed by atoms with Crippen LogP contribution in [-0.4, -0.2) is 17.7 Å². The van der Waals surface area contributed by atoms with E-state index in [9.17, 15) is 4.79 Å². The number of anilines is 3. The fourth-order valence-electron chi connectivity index (χ4n) is 1.73. The first kappa shape index (κ1) is 14.1. The summed E-state index contributed by atoms with van der Waals surface area (Å²) in [5, 5.41) is 0.420. The Bertz CT molecular complexity index is 573. The highest BCUT2D eigenvalue weighted by Gasteiger charge is 2.23. The Kier molecular flexibility index (Phi) is 4.42. The zero-order valence-corrected chi connectivity index (χ0v) is 11.7. The molecule has 5 nitrogen and oxygen atoms in total. The Labute approximate surface area is 121 Å². The third-order valence-corrected chi connectivity index (χ3v) is 2.94. The molecule has 1 amide bonds. The minimum absolute atomic E-state index is 0.250. The molecule has 1 aromatic carbocycles. The molecule has 1 heterocycles. The molecule has 0 radical (unpaired) electrons. The van der Waals surface area contributed by atoms with Gasteiger partial charge < -0.3 is 10.5 Å². The van der Waals surface area contributed by atoms with Crippen LogP contribution in [0.15, 0.2) is 42.7 Å². The maximum absolute atomic E-state index is 12.2. The van der Waals surface area contributed by atoms with Crippen LogP contribution in [0.25, 0.3) is 0 Å². The summed E-state index contributed by atoms with van der Waals surface area (Å²) in [5.41, 5.74) is 7.24. The lowest BCUT2D eigenvalue weighted by Gasteiger charge is -2.23. The van der Waals surface area contributed by atoms with Crippen LogP contribution in [0.3, 0.4) is 0 Å². The molecule has 0 aliphatic rings. The smallest absolute Gasteiger partial charge is 0.419 e. The maximum atomic E-state index is 12.2. The number of hydrogen-bond donors (Lipinski definition) is 1. The van der Waals surface area contributed by atoms with Crippen molar-refractivity contribution in [3.8, 4) is 0 Å². The molecule has 0 saturated heterocycles. The Morgan fingerprint density at radius 2 is 2.10 bits per heavy atom. The fraction of sp³-hybridized carbons (Fsp3) is 0.143. The Hall–Kier alpha value is -2.27. The maximum Gasteiger partial charge on any atom is 0.419 e. The standard InChI is InChI=1S/C14H14ClN3O2/c1-2-20-14(19)18(12-6-4-3-5-10(12)15)13-9-17-8-7-11(13)16/h3-9H,2H2,1H3,(H2,16,17). The number of pyridine rings is 1. The van der Waals surface area contributed by atoms with E-state index in [-0.39, 0.29) is 6.61 Å². The van der Waals surface area contributed by atoms with Crippen molar-refractivity contribution < 1.29 is 9.53 Å². The average Bonchev–Trinajstić information content (AvgIpc) is 2.43. The number of nitrogen functional groups attached to an aromatic ring is 1. The number of aromatic nitrogens is 1. The molecule has 0 fully saturated rings. The molecule has 0 spiro atoms. The summed E-state index contributed by atoms with van der Waals surface area (Å²) in [7, 11) is 0. The van der Waals surface area contributed by atoms with Crippen LogP contribution in [0.4, 0.5) is 21.9 Å². The van der Waals surface area contributed by atoms with Crippen LogP contribution in [0.5, 0.6) is 0 Å². The number of nitrogens with two attached hydrogens (primary N) is 1. The Morgan fingerprint density at radius 3 is 2.75 bits per heavy atom. The van der Waals surface area contributed by atoms with Crippen LogP contribution in [0.2, 0.25) is 5.02 Å². The second-order valence-corrected chi connectivity index (χ2v) is 4.33. The van der Waals surface area contributed by atoms with E-state index in [4.69, 9.17) is 22.1 Å². The van der Waals surface area contributed by atoms with Gasteiger partial charge in [0.15, 0.2) is 0 Å². The number of benzene rings is 1. The molecule has 1 aromatic heterocycles. The first-order chi connectivity index (χ1) is 9.65. The summed E-state index contributed by atoms with van der Waals surface area (Å²) in [6, 6.07) is 8.57. The summed E-state index contributed by atoms with van der Waals surface area (Å²) in [4.78, 5) is 17.5. The highest BCUT2D eigenvalue weighted by Crippen LogP contribution is 2.34. The van der Waals surface area contributed by atoms with E-state index in [1.54, 1.807) is 43.5 Å².